The molecule has 0 aliphatic carbocycles. The van der Waals surface area contributed by atoms with E-state index in [9.17, 15) is 4.79 Å². The zero-order valence-electron chi connectivity index (χ0n) is 9.81. The highest BCUT2D eigenvalue weighted by molar-refractivity contribution is 5.85. The summed E-state index contributed by atoms with van der Waals surface area (Å²) in [6.07, 6.45) is 4.83. The van der Waals surface area contributed by atoms with Gasteiger partial charge in [0.1, 0.15) is 5.54 Å². The minimum Gasteiger partial charge on any atom is -0.368 e. The van der Waals surface area contributed by atoms with Gasteiger partial charge < -0.3 is 11.5 Å². The molecule has 0 spiro atoms. The van der Waals surface area contributed by atoms with E-state index in [-0.39, 0.29) is 5.92 Å². The van der Waals surface area contributed by atoms with Crippen LogP contribution in [-0.2, 0) is 4.79 Å². The molecule has 0 aliphatic rings. The SMILES string of the molecule is CCC[C@@](N)(C(N)=O)[C@@H](C)c1cccnc1. The van der Waals surface area contributed by atoms with Crippen molar-refractivity contribution in [3.05, 3.63) is 30.1 Å². The highest BCUT2D eigenvalue weighted by atomic mass is 16.1. The van der Waals surface area contributed by atoms with E-state index in [1.165, 1.54) is 0 Å². The van der Waals surface area contributed by atoms with Crippen LogP contribution in [0.3, 0.4) is 0 Å². The molecular formula is C12H19N3O. The fourth-order valence-electron chi connectivity index (χ4n) is 1.90. The summed E-state index contributed by atoms with van der Waals surface area (Å²) in [6, 6.07) is 3.75. The van der Waals surface area contributed by atoms with Crippen LogP contribution in [0.1, 0.15) is 38.2 Å². The van der Waals surface area contributed by atoms with Crippen molar-refractivity contribution >= 4 is 5.91 Å². The molecule has 0 unspecified atom stereocenters. The van der Waals surface area contributed by atoms with Crippen LogP contribution in [-0.4, -0.2) is 16.4 Å². The van der Waals surface area contributed by atoms with Gasteiger partial charge in [0.2, 0.25) is 5.91 Å². The van der Waals surface area contributed by atoms with Gasteiger partial charge in [-0.2, -0.15) is 0 Å². The number of amides is 1. The van der Waals surface area contributed by atoms with Crippen LogP contribution < -0.4 is 11.5 Å². The second kappa shape index (κ2) is 5.07. The molecule has 88 valence electrons. The molecule has 2 atom stereocenters. The number of rotatable bonds is 5. The third-order valence-corrected chi connectivity index (χ3v) is 3.08. The van der Waals surface area contributed by atoms with Gasteiger partial charge in [-0.1, -0.05) is 26.3 Å². The van der Waals surface area contributed by atoms with Gasteiger partial charge >= 0.3 is 0 Å². The standard InChI is InChI=1S/C12H19N3O/c1-3-6-12(14,11(13)16)9(2)10-5-4-7-15-8-10/h4-5,7-9H,3,6,14H2,1-2H3,(H2,13,16)/t9-,12-/m0/s1. The van der Waals surface area contributed by atoms with Crippen LogP contribution in [0.15, 0.2) is 24.5 Å². The van der Waals surface area contributed by atoms with Crippen molar-refractivity contribution < 1.29 is 4.79 Å². The third kappa shape index (κ3) is 2.39. The first-order valence-corrected chi connectivity index (χ1v) is 5.51. The summed E-state index contributed by atoms with van der Waals surface area (Å²) >= 11 is 0. The maximum atomic E-state index is 11.5. The molecule has 0 bridgehead atoms. The second-order valence-electron chi connectivity index (χ2n) is 4.16. The van der Waals surface area contributed by atoms with Crippen LogP contribution in [0, 0.1) is 0 Å². The molecule has 0 aromatic carbocycles. The van der Waals surface area contributed by atoms with E-state index in [0.29, 0.717) is 6.42 Å². The quantitative estimate of drug-likeness (QED) is 0.783. The van der Waals surface area contributed by atoms with Gasteiger partial charge in [-0.15, -0.1) is 0 Å². The summed E-state index contributed by atoms with van der Waals surface area (Å²) in [5.74, 6) is -0.579. The van der Waals surface area contributed by atoms with Gasteiger partial charge in [0.25, 0.3) is 0 Å². The Hall–Kier alpha value is -1.42. The summed E-state index contributed by atoms with van der Waals surface area (Å²) in [7, 11) is 0. The maximum Gasteiger partial charge on any atom is 0.238 e. The van der Waals surface area contributed by atoms with Gasteiger partial charge in [0, 0.05) is 18.3 Å². The Morgan fingerprint density at radius 3 is 2.75 bits per heavy atom. The lowest BCUT2D eigenvalue weighted by molar-refractivity contribution is -0.124. The lowest BCUT2D eigenvalue weighted by Crippen LogP contribution is -2.55. The van der Waals surface area contributed by atoms with Crippen molar-refractivity contribution in [1.29, 1.82) is 0 Å². The zero-order valence-corrected chi connectivity index (χ0v) is 9.81. The number of primary amides is 1. The Kier molecular flexibility index (Phi) is 4.01. The minimum atomic E-state index is -0.988. The van der Waals surface area contributed by atoms with Crippen LogP contribution in [0.25, 0.3) is 0 Å². The molecule has 1 amide bonds. The summed E-state index contributed by atoms with van der Waals surface area (Å²) in [5, 5.41) is 0. The largest absolute Gasteiger partial charge is 0.368 e. The first kappa shape index (κ1) is 12.6. The van der Waals surface area contributed by atoms with Crippen molar-refractivity contribution in [2.24, 2.45) is 11.5 Å². The average molecular weight is 221 g/mol. The van der Waals surface area contributed by atoms with Crippen LogP contribution in [0.5, 0.6) is 0 Å². The predicted molar refractivity (Wildman–Crippen MR) is 63.7 cm³/mol. The van der Waals surface area contributed by atoms with Crippen molar-refractivity contribution in [3.8, 4) is 0 Å². The van der Waals surface area contributed by atoms with Gasteiger partial charge in [-0.25, -0.2) is 0 Å². The Labute approximate surface area is 96.0 Å². The molecule has 1 aromatic heterocycles. The lowest BCUT2D eigenvalue weighted by Gasteiger charge is -2.32. The Balaban J connectivity index is 3.00. The fourth-order valence-corrected chi connectivity index (χ4v) is 1.90. The molecule has 16 heavy (non-hydrogen) atoms. The van der Waals surface area contributed by atoms with E-state index in [4.69, 9.17) is 11.5 Å². The van der Waals surface area contributed by atoms with Gasteiger partial charge in [0.15, 0.2) is 0 Å². The molecular weight excluding hydrogens is 202 g/mol. The van der Waals surface area contributed by atoms with Gasteiger partial charge in [0.05, 0.1) is 0 Å². The number of hydrogen-bond donors (Lipinski definition) is 2. The van der Waals surface area contributed by atoms with E-state index < -0.39 is 11.4 Å². The Bertz CT molecular complexity index is 353. The summed E-state index contributed by atoms with van der Waals surface area (Å²) < 4.78 is 0. The van der Waals surface area contributed by atoms with Crippen LogP contribution >= 0.6 is 0 Å². The maximum absolute atomic E-state index is 11.5. The Morgan fingerprint density at radius 2 is 2.31 bits per heavy atom. The average Bonchev–Trinajstić information content (AvgIpc) is 2.29. The first-order chi connectivity index (χ1) is 7.52. The first-order valence-electron chi connectivity index (χ1n) is 5.51. The minimum absolute atomic E-state index is 0.126. The molecule has 1 aromatic rings. The normalized spacial score (nSPS) is 16.4. The summed E-state index contributed by atoms with van der Waals surface area (Å²) in [4.78, 5) is 15.5. The number of carbonyl (C=O) groups excluding carboxylic acids is 1. The molecule has 1 rings (SSSR count). The fraction of sp³-hybridized carbons (Fsp3) is 0.500. The molecule has 0 saturated carbocycles. The summed E-state index contributed by atoms with van der Waals surface area (Å²) in [5.41, 5.74) is 11.5. The van der Waals surface area contributed by atoms with E-state index in [0.717, 1.165) is 12.0 Å². The van der Waals surface area contributed by atoms with E-state index in [1.807, 2.05) is 26.0 Å². The molecule has 4 N–H and O–H groups in total. The molecule has 0 aliphatic heterocycles. The van der Waals surface area contributed by atoms with Crippen molar-refractivity contribution in [2.45, 2.75) is 38.1 Å². The molecule has 0 saturated heterocycles. The number of nitrogens with zero attached hydrogens (tertiary/aromatic N) is 1. The van der Waals surface area contributed by atoms with Crippen LogP contribution in [0.4, 0.5) is 0 Å². The van der Waals surface area contributed by atoms with E-state index in [1.54, 1.807) is 12.4 Å². The molecule has 4 nitrogen and oxygen atoms in total. The molecule has 0 fully saturated rings. The highest BCUT2D eigenvalue weighted by Crippen LogP contribution is 2.29. The number of pyridine rings is 1. The van der Waals surface area contributed by atoms with Gasteiger partial charge in [-0.3, -0.25) is 9.78 Å². The number of hydrogen-bond acceptors (Lipinski definition) is 3. The highest BCUT2D eigenvalue weighted by Gasteiger charge is 2.37. The number of aromatic nitrogens is 1. The van der Waals surface area contributed by atoms with Crippen molar-refractivity contribution in [2.75, 3.05) is 0 Å². The van der Waals surface area contributed by atoms with Crippen LogP contribution in [0.2, 0.25) is 0 Å². The van der Waals surface area contributed by atoms with Crippen molar-refractivity contribution in [1.82, 2.24) is 4.98 Å². The smallest absolute Gasteiger partial charge is 0.238 e. The van der Waals surface area contributed by atoms with E-state index in [2.05, 4.69) is 4.98 Å². The molecule has 1 heterocycles. The zero-order chi connectivity index (χ0) is 12.2. The van der Waals surface area contributed by atoms with E-state index >= 15 is 0 Å². The number of nitrogens with two attached hydrogens (primary N) is 2. The predicted octanol–water partition coefficient (Wildman–Crippen LogP) is 1.17. The Morgan fingerprint density at radius 1 is 1.62 bits per heavy atom. The molecule has 4 heteroatoms. The van der Waals surface area contributed by atoms with Gasteiger partial charge in [-0.05, 0) is 18.1 Å². The lowest BCUT2D eigenvalue weighted by atomic mass is 9.78. The van der Waals surface area contributed by atoms with Crippen molar-refractivity contribution in [3.63, 3.8) is 0 Å². The second-order valence-corrected chi connectivity index (χ2v) is 4.16. The molecule has 0 radical (unpaired) electrons. The summed E-state index contributed by atoms with van der Waals surface area (Å²) in [6.45, 7) is 3.90. The number of carbonyl (C=O) groups is 1. The topological polar surface area (TPSA) is 82.0 Å². The monoisotopic (exact) mass is 221 g/mol. The third-order valence-electron chi connectivity index (χ3n) is 3.08.